The summed E-state index contributed by atoms with van der Waals surface area (Å²) >= 11 is 0. The van der Waals surface area contributed by atoms with Gasteiger partial charge in [0.15, 0.2) is 5.78 Å². The number of Topliss-reactive ketones (excluding diaryl/α,β-unsaturated/α-hetero) is 1. The number of nitrogens with zero attached hydrogens (tertiary/aromatic N) is 3. The summed E-state index contributed by atoms with van der Waals surface area (Å²) in [5.74, 6) is 1.24. The quantitative estimate of drug-likeness (QED) is 0.534. The van der Waals surface area contributed by atoms with E-state index in [2.05, 4.69) is 54.2 Å². The van der Waals surface area contributed by atoms with E-state index in [1.165, 1.54) is 24.8 Å². The average Bonchev–Trinajstić information content (AvgIpc) is 3.37. The number of amides is 2. The van der Waals surface area contributed by atoms with Gasteiger partial charge in [-0.1, -0.05) is 36.8 Å². The second-order valence-electron chi connectivity index (χ2n) is 12.5. The molecule has 1 spiro atoms. The molecular formula is C30H45N3O3. The van der Waals surface area contributed by atoms with E-state index in [1.54, 1.807) is 0 Å². The van der Waals surface area contributed by atoms with Crippen LogP contribution >= 0.6 is 0 Å². The Kier molecular flexibility index (Phi) is 7.46. The molecule has 1 N–H and O–H groups in total. The zero-order valence-electron chi connectivity index (χ0n) is 22.3. The van der Waals surface area contributed by atoms with Gasteiger partial charge in [0.25, 0.3) is 0 Å². The summed E-state index contributed by atoms with van der Waals surface area (Å²) in [6.45, 7) is 1.78. The molecule has 2 atom stereocenters. The lowest BCUT2D eigenvalue weighted by Crippen LogP contribution is -2.56. The lowest BCUT2D eigenvalue weighted by molar-refractivity contribution is -0.119. The Morgan fingerprint density at radius 1 is 1.03 bits per heavy atom. The molecule has 1 aromatic carbocycles. The normalized spacial score (nSPS) is 33.1. The van der Waals surface area contributed by atoms with Crippen molar-refractivity contribution >= 4 is 11.8 Å². The number of hydrogen-bond acceptors (Lipinski definition) is 4. The standard InChI is InChI=1S/C30H45N3O3/c1-31(2)30(25-9-4-3-5-10-25)17-15-29(16-18-30)22-32(28(36)33(29)20-24-7-6-8-24)21-27(35)14-12-23-11-13-26(34)19-23/h3-5,9-10,23-24,26,34H,6-8,11-22H2,1-2H3. The fourth-order valence-corrected chi connectivity index (χ4v) is 7.48. The van der Waals surface area contributed by atoms with Crippen molar-refractivity contribution in [3.8, 4) is 0 Å². The molecule has 2 unspecified atom stereocenters. The molecular weight excluding hydrogens is 450 g/mol. The van der Waals surface area contributed by atoms with Gasteiger partial charge >= 0.3 is 6.03 Å². The van der Waals surface area contributed by atoms with Crippen LogP contribution in [-0.4, -0.2) is 77.0 Å². The number of rotatable bonds is 9. The largest absolute Gasteiger partial charge is 0.393 e. The van der Waals surface area contributed by atoms with Crippen LogP contribution in [0.2, 0.25) is 0 Å². The third-order valence-electron chi connectivity index (χ3n) is 10.1. The first-order valence-electron chi connectivity index (χ1n) is 14.3. The van der Waals surface area contributed by atoms with Crippen molar-refractivity contribution in [3.63, 3.8) is 0 Å². The Morgan fingerprint density at radius 2 is 1.75 bits per heavy atom. The smallest absolute Gasteiger partial charge is 0.321 e. The van der Waals surface area contributed by atoms with E-state index in [0.717, 1.165) is 57.9 Å². The van der Waals surface area contributed by atoms with Crippen LogP contribution in [0.5, 0.6) is 0 Å². The summed E-state index contributed by atoms with van der Waals surface area (Å²) in [5, 5.41) is 9.79. The summed E-state index contributed by atoms with van der Waals surface area (Å²) in [6, 6.07) is 10.9. The number of aliphatic hydroxyl groups is 1. The molecule has 2 amide bonds. The molecule has 3 saturated carbocycles. The van der Waals surface area contributed by atoms with Gasteiger partial charge < -0.3 is 14.9 Å². The third-order valence-corrected chi connectivity index (χ3v) is 10.1. The van der Waals surface area contributed by atoms with Crippen LogP contribution in [0.25, 0.3) is 0 Å². The van der Waals surface area contributed by atoms with Crippen LogP contribution in [0, 0.1) is 11.8 Å². The predicted octanol–water partition coefficient (Wildman–Crippen LogP) is 4.80. The second-order valence-corrected chi connectivity index (χ2v) is 12.5. The van der Waals surface area contributed by atoms with Crippen LogP contribution in [0.4, 0.5) is 4.79 Å². The van der Waals surface area contributed by atoms with Crippen molar-refractivity contribution in [2.45, 2.75) is 94.2 Å². The lowest BCUT2D eigenvalue weighted by atomic mass is 9.68. The molecule has 1 heterocycles. The van der Waals surface area contributed by atoms with Crippen molar-refractivity contribution in [3.05, 3.63) is 35.9 Å². The second kappa shape index (κ2) is 10.4. The lowest BCUT2D eigenvalue weighted by Gasteiger charge is -2.51. The fourth-order valence-electron chi connectivity index (χ4n) is 7.48. The van der Waals surface area contributed by atoms with Gasteiger partial charge in [0, 0.05) is 25.0 Å². The molecule has 4 fully saturated rings. The molecule has 0 radical (unpaired) electrons. The Labute approximate surface area is 217 Å². The Morgan fingerprint density at radius 3 is 2.33 bits per heavy atom. The van der Waals surface area contributed by atoms with Crippen LogP contribution in [0.3, 0.4) is 0 Å². The van der Waals surface area contributed by atoms with Gasteiger partial charge in [-0.2, -0.15) is 0 Å². The van der Waals surface area contributed by atoms with Gasteiger partial charge in [0.05, 0.1) is 18.2 Å². The highest BCUT2D eigenvalue weighted by Gasteiger charge is 2.55. The number of aliphatic hydroxyl groups excluding tert-OH is 1. The van der Waals surface area contributed by atoms with E-state index < -0.39 is 0 Å². The summed E-state index contributed by atoms with van der Waals surface area (Å²) in [7, 11) is 4.37. The first-order chi connectivity index (χ1) is 17.3. The molecule has 6 heteroatoms. The molecule has 0 bridgehead atoms. The van der Waals surface area contributed by atoms with E-state index in [0.29, 0.717) is 24.8 Å². The van der Waals surface area contributed by atoms with Gasteiger partial charge in [-0.15, -0.1) is 0 Å². The molecule has 198 valence electrons. The fraction of sp³-hybridized carbons (Fsp3) is 0.733. The van der Waals surface area contributed by atoms with Gasteiger partial charge in [-0.3, -0.25) is 9.69 Å². The van der Waals surface area contributed by atoms with Crippen molar-refractivity contribution in [1.82, 2.24) is 14.7 Å². The van der Waals surface area contributed by atoms with E-state index >= 15 is 0 Å². The number of carbonyl (C=O) groups is 2. The van der Waals surface area contributed by atoms with Crippen molar-refractivity contribution in [2.75, 3.05) is 33.7 Å². The summed E-state index contributed by atoms with van der Waals surface area (Å²) in [6.07, 6.45) is 11.6. The topological polar surface area (TPSA) is 64.1 Å². The Balaban J connectivity index is 1.28. The minimum Gasteiger partial charge on any atom is -0.393 e. The van der Waals surface area contributed by atoms with Crippen molar-refractivity contribution < 1.29 is 14.7 Å². The van der Waals surface area contributed by atoms with E-state index in [9.17, 15) is 14.7 Å². The SMILES string of the molecule is CN(C)C1(c2ccccc2)CCC2(CC1)CN(CC(=O)CCC1CCC(O)C1)C(=O)N2CC1CCC1. The molecule has 6 nitrogen and oxygen atoms in total. The van der Waals surface area contributed by atoms with Crippen LogP contribution in [0.1, 0.15) is 82.6 Å². The molecule has 1 aliphatic heterocycles. The molecule has 5 rings (SSSR count). The average molecular weight is 496 g/mol. The first-order valence-corrected chi connectivity index (χ1v) is 14.3. The van der Waals surface area contributed by atoms with Gasteiger partial charge in [-0.25, -0.2) is 4.79 Å². The molecule has 4 aliphatic rings. The predicted molar refractivity (Wildman–Crippen MR) is 142 cm³/mol. The Hall–Kier alpha value is -1.92. The monoisotopic (exact) mass is 495 g/mol. The summed E-state index contributed by atoms with van der Waals surface area (Å²) in [4.78, 5) is 33.1. The highest BCUT2D eigenvalue weighted by Crippen LogP contribution is 2.49. The van der Waals surface area contributed by atoms with E-state index in [1.807, 2.05) is 4.90 Å². The van der Waals surface area contributed by atoms with Crippen molar-refractivity contribution in [1.29, 1.82) is 0 Å². The first kappa shape index (κ1) is 25.7. The van der Waals surface area contributed by atoms with Crippen LogP contribution in [0.15, 0.2) is 30.3 Å². The van der Waals surface area contributed by atoms with Gasteiger partial charge in [0.1, 0.15) is 0 Å². The summed E-state index contributed by atoms with van der Waals surface area (Å²) in [5.41, 5.74) is 1.20. The van der Waals surface area contributed by atoms with Gasteiger partial charge in [-0.05, 0) is 95.7 Å². The zero-order chi connectivity index (χ0) is 25.3. The van der Waals surface area contributed by atoms with Crippen molar-refractivity contribution in [2.24, 2.45) is 11.8 Å². The number of ketones is 1. The maximum atomic E-state index is 13.7. The molecule has 3 aliphatic carbocycles. The zero-order valence-corrected chi connectivity index (χ0v) is 22.3. The minimum absolute atomic E-state index is 0.00716. The molecule has 1 aromatic rings. The molecule has 1 saturated heterocycles. The summed E-state index contributed by atoms with van der Waals surface area (Å²) < 4.78 is 0. The minimum atomic E-state index is -0.193. The highest BCUT2D eigenvalue weighted by molar-refractivity contribution is 5.87. The van der Waals surface area contributed by atoms with E-state index in [4.69, 9.17) is 0 Å². The van der Waals surface area contributed by atoms with Crippen LogP contribution < -0.4 is 0 Å². The maximum absolute atomic E-state index is 13.7. The number of hydrogen-bond donors (Lipinski definition) is 1. The number of benzene rings is 1. The van der Waals surface area contributed by atoms with E-state index in [-0.39, 0.29) is 35.5 Å². The van der Waals surface area contributed by atoms with Crippen LogP contribution in [-0.2, 0) is 10.3 Å². The molecule has 0 aromatic heterocycles. The molecule has 36 heavy (non-hydrogen) atoms. The highest BCUT2D eigenvalue weighted by atomic mass is 16.3. The third kappa shape index (κ3) is 4.96. The number of urea groups is 1. The number of carbonyl (C=O) groups excluding carboxylic acids is 2. The maximum Gasteiger partial charge on any atom is 0.321 e. The Bertz CT molecular complexity index is 921. The van der Waals surface area contributed by atoms with Gasteiger partial charge in [0.2, 0.25) is 0 Å².